The Morgan fingerprint density at radius 3 is 2.21 bits per heavy atom. The van der Waals surface area contributed by atoms with Gasteiger partial charge in [-0.3, -0.25) is 0 Å². The highest BCUT2D eigenvalue weighted by atomic mass is 19.1. The predicted molar refractivity (Wildman–Crippen MR) is 103 cm³/mol. The van der Waals surface area contributed by atoms with E-state index in [0.29, 0.717) is 25.5 Å². The van der Waals surface area contributed by atoms with Gasteiger partial charge in [0, 0.05) is 32.4 Å². The zero-order valence-corrected chi connectivity index (χ0v) is 15.9. The second-order valence-electron chi connectivity index (χ2n) is 6.06. The van der Waals surface area contributed by atoms with Gasteiger partial charge >= 0.3 is 0 Å². The monoisotopic (exact) mass is 386 g/mol. The number of ether oxygens (including phenoxy) is 4. The number of benzene rings is 2. The van der Waals surface area contributed by atoms with Gasteiger partial charge in [0.15, 0.2) is 6.79 Å². The molecular weight excluding hydrogens is 363 g/mol. The van der Waals surface area contributed by atoms with Crippen LogP contribution in [0.15, 0.2) is 54.7 Å². The Kier molecular flexibility index (Phi) is 7.00. The summed E-state index contributed by atoms with van der Waals surface area (Å²) < 4.78 is 36.3. The van der Waals surface area contributed by atoms with E-state index in [1.807, 2.05) is 35.0 Å². The van der Waals surface area contributed by atoms with Crippen LogP contribution in [0.25, 0.3) is 11.3 Å². The van der Waals surface area contributed by atoms with Crippen molar-refractivity contribution < 1.29 is 23.3 Å². The highest BCUT2D eigenvalue weighted by Gasteiger charge is 2.10. The zero-order chi connectivity index (χ0) is 19.8. The average molecular weight is 386 g/mol. The smallest absolute Gasteiger partial charge is 0.188 e. The van der Waals surface area contributed by atoms with Crippen molar-refractivity contribution in [3.8, 4) is 22.8 Å². The molecular formula is C21H23FN2O4. The fourth-order valence-electron chi connectivity index (χ4n) is 2.68. The number of hydrogen-bond acceptors (Lipinski definition) is 5. The molecule has 3 aromatic rings. The lowest BCUT2D eigenvalue weighted by molar-refractivity contribution is 0.0511. The van der Waals surface area contributed by atoms with Gasteiger partial charge in [0.05, 0.1) is 12.3 Å². The third kappa shape index (κ3) is 5.31. The van der Waals surface area contributed by atoms with Crippen molar-refractivity contribution in [1.29, 1.82) is 0 Å². The van der Waals surface area contributed by atoms with Crippen molar-refractivity contribution in [1.82, 2.24) is 9.55 Å². The second kappa shape index (κ2) is 9.87. The molecule has 0 saturated heterocycles. The van der Waals surface area contributed by atoms with Crippen LogP contribution in [0.5, 0.6) is 11.5 Å². The Bertz CT molecular complexity index is 863. The molecule has 6 nitrogen and oxygen atoms in total. The summed E-state index contributed by atoms with van der Waals surface area (Å²) in [6.45, 7) is 1.05. The van der Waals surface area contributed by atoms with Crippen LogP contribution in [0.4, 0.5) is 4.39 Å². The summed E-state index contributed by atoms with van der Waals surface area (Å²) in [7, 11) is 3.21. The van der Waals surface area contributed by atoms with E-state index in [2.05, 4.69) is 4.98 Å². The fraction of sp³-hybridized carbons (Fsp3) is 0.286. The molecule has 0 atom stereocenters. The van der Waals surface area contributed by atoms with Crippen molar-refractivity contribution in [3.63, 3.8) is 0 Å². The second-order valence-corrected chi connectivity index (χ2v) is 6.06. The van der Waals surface area contributed by atoms with Gasteiger partial charge in [0.1, 0.15) is 29.9 Å². The maximum atomic E-state index is 13.1. The fourth-order valence-corrected chi connectivity index (χ4v) is 2.68. The molecule has 0 unspecified atom stereocenters. The van der Waals surface area contributed by atoms with Gasteiger partial charge in [-0.05, 0) is 48.5 Å². The first kappa shape index (κ1) is 19.9. The van der Waals surface area contributed by atoms with Crippen LogP contribution >= 0.6 is 0 Å². The third-order valence-corrected chi connectivity index (χ3v) is 4.03. The molecule has 3 rings (SSSR count). The number of nitrogens with zero attached hydrogens (tertiary/aromatic N) is 2. The number of rotatable bonds is 10. The third-order valence-electron chi connectivity index (χ3n) is 4.03. The normalized spacial score (nSPS) is 10.8. The summed E-state index contributed by atoms with van der Waals surface area (Å²) in [5.74, 6) is 2.02. The van der Waals surface area contributed by atoms with E-state index in [1.165, 1.54) is 12.1 Å². The molecule has 0 N–H and O–H groups in total. The first-order valence-corrected chi connectivity index (χ1v) is 8.85. The molecule has 0 fully saturated rings. The summed E-state index contributed by atoms with van der Waals surface area (Å²) in [6, 6.07) is 13.6. The van der Waals surface area contributed by atoms with Crippen LogP contribution in [0.3, 0.4) is 0 Å². The van der Waals surface area contributed by atoms with E-state index in [9.17, 15) is 4.39 Å². The topological polar surface area (TPSA) is 54.7 Å². The minimum absolute atomic E-state index is 0.207. The maximum absolute atomic E-state index is 13.1. The first-order chi connectivity index (χ1) is 13.7. The largest absolute Gasteiger partial charge is 0.493 e. The minimum Gasteiger partial charge on any atom is -0.493 e. The number of hydrogen-bond donors (Lipinski definition) is 0. The van der Waals surface area contributed by atoms with Crippen molar-refractivity contribution in [2.75, 3.05) is 27.6 Å². The van der Waals surface area contributed by atoms with E-state index in [4.69, 9.17) is 18.9 Å². The average Bonchev–Trinajstić information content (AvgIpc) is 3.11. The van der Waals surface area contributed by atoms with Crippen molar-refractivity contribution in [2.24, 2.45) is 0 Å². The molecule has 0 spiro atoms. The highest BCUT2D eigenvalue weighted by Crippen LogP contribution is 2.21. The molecule has 0 saturated carbocycles. The summed E-state index contributed by atoms with van der Waals surface area (Å²) in [6.07, 6.45) is 2.50. The SMILES string of the molecule is COCOc1ccc(OCCc2nc(-c3ccc(F)cc3)cn2COC)cc1. The molecule has 1 aromatic heterocycles. The standard InChI is InChI=1S/C21H23FN2O4/c1-25-14-24-13-20(16-3-5-17(22)6-4-16)23-21(24)11-12-27-18-7-9-19(10-8-18)28-15-26-2/h3-10,13H,11-12,14-15H2,1-2H3. The highest BCUT2D eigenvalue weighted by molar-refractivity contribution is 5.58. The number of methoxy groups -OCH3 is 2. The summed E-state index contributed by atoms with van der Waals surface area (Å²) in [5, 5.41) is 0. The van der Waals surface area contributed by atoms with E-state index in [1.54, 1.807) is 26.4 Å². The summed E-state index contributed by atoms with van der Waals surface area (Å²) >= 11 is 0. The van der Waals surface area contributed by atoms with Crippen LogP contribution < -0.4 is 9.47 Å². The lowest BCUT2D eigenvalue weighted by atomic mass is 10.2. The zero-order valence-electron chi connectivity index (χ0n) is 15.9. The molecule has 0 radical (unpaired) electrons. The Hall–Kier alpha value is -2.90. The van der Waals surface area contributed by atoms with Crippen LogP contribution in [-0.4, -0.2) is 37.2 Å². The van der Waals surface area contributed by atoms with Crippen LogP contribution in [0, 0.1) is 5.82 Å². The van der Waals surface area contributed by atoms with Crippen molar-refractivity contribution >= 4 is 0 Å². The van der Waals surface area contributed by atoms with Gasteiger partial charge in [-0.2, -0.15) is 0 Å². The molecule has 148 valence electrons. The van der Waals surface area contributed by atoms with Gasteiger partial charge < -0.3 is 23.5 Å². The molecule has 28 heavy (non-hydrogen) atoms. The minimum atomic E-state index is -0.271. The van der Waals surface area contributed by atoms with Crippen molar-refractivity contribution in [3.05, 3.63) is 66.4 Å². The van der Waals surface area contributed by atoms with Gasteiger partial charge in [0.25, 0.3) is 0 Å². The Labute approximate surface area is 163 Å². The molecule has 1 heterocycles. The van der Waals surface area contributed by atoms with E-state index in [-0.39, 0.29) is 12.6 Å². The molecule has 0 aliphatic heterocycles. The van der Waals surface area contributed by atoms with Gasteiger partial charge in [0.2, 0.25) is 0 Å². The Balaban J connectivity index is 1.62. The number of imidazole rings is 1. The molecule has 0 amide bonds. The molecule has 7 heteroatoms. The predicted octanol–water partition coefficient (Wildman–Crippen LogP) is 3.90. The Morgan fingerprint density at radius 2 is 1.57 bits per heavy atom. The first-order valence-electron chi connectivity index (χ1n) is 8.85. The number of halogens is 1. The van der Waals surface area contributed by atoms with Gasteiger partial charge in [-0.15, -0.1) is 0 Å². The molecule has 0 bridgehead atoms. The molecule has 2 aromatic carbocycles. The van der Waals surface area contributed by atoms with E-state index >= 15 is 0 Å². The van der Waals surface area contributed by atoms with Crippen molar-refractivity contribution in [2.45, 2.75) is 13.2 Å². The van der Waals surface area contributed by atoms with Crippen LogP contribution in [-0.2, 0) is 22.6 Å². The Morgan fingerprint density at radius 1 is 0.893 bits per heavy atom. The summed E-state index contributed by atoms with van der Waals surface area (Å²) in [5.41, 5.74) is 1.62. The van der Waals surface area contributed by atoms with E-state index < -0.39 is 0 Å². The molecule has 0 aliphatic carbocycles. The van der Waals surface area contributed by atoms with Crippen LogP contribution in [0.2, 0.25) is 0 Å². The maximum Gasteiger partial charge on any atom is 0.188 e. The van der Waals surface area contributed by atoms with E-state index in [0.717, 1.165) is 22.8 Å². The van der Waals surface area contributed by atoms with Gasteiger partial charge in [-0.25, -0.2) is 9.37 Å². The number of aromatic nitrogens is 2. The molecule has 0 aliphatic rings. The summed E-state index contributed by atoms with van der Waals surface area (Å²) in [4.78, 5) is 4.65. The lowest BCUT2D eigenvalue weighted by Crippen LogP contribution is -2.09. The quantitative estimate of drug-likeness (QED) is 0.495. The van der Waals surface area contributed by atoms with Crippen LogP contribution in [0.1, 0.15) is 5.82 Å². The van der Waals surface area contributed by atoms with Gasteiger partial charge in [-0.1, -0.05) is 0 Å². The lowest BCUT2D eigenvalue weighted by Gasteiger charge is -2.09.